The van der Waals surface area contributed by atoms with Crippen molar-refractivity contribution in [2.45, 2.75) is 20.0 Å². The van der Waals surface area contributed by atoms with Gasteiger partial charge in [0.15, 0.2) is 0 Å². The van der Waals surface area contributed by atoms with Crippen LogP contribution in [0.2, 0.25) is 0 Å². The minimum atomic E-state index is -4.29. The second-order valence-electron chi connectivity index (χ2n) is 3.44. The summed E-state index contributed by atoms with van der Waals surface area (Å²) in [6, 6.07) is 5.10. The third-order valence-electron chi connectivity index (χ3n) is 1.72. The highest BCUT2D eigenvalue weighted by Crippen LogP contribution is 2.30. The van der Waals surface area contributed by atoms with E-state index in [9.17, 15) is 13.2 Å². The summed E-state index contributed by atoms with van der Waals surface area (Å²) in [6.07, 6.45) is -2.63. The molecule has 4 heteroatoms. The topological polar surface area (TPSA) is 12.0 Å². The summed E-state index contributed by atoms with van der Waals surface area (Å²) in [7, 11) is 0. The molecule has 82 valence electrons. The van der Waals surface area contributed by atoms with Crippen molar-refractivity contribution in [2.24, 2.45) is 0 Å². The SMILES string of the molecule is CC(C)=CNc1cccc(C(F)(F)F)c1. The molecule has 0 aliphatic rings. The third-order valence-corrected chi connectivity index (χ3v) is 1.72. The van der Waals surface area contributed by atoms with Crippen LogP contribution in [0.3, 0.4) is 0 Å². The highest BCUT2D eigenvalue weighted by atomic mass is 19.4. The molecule has 0 saturated carbocycles. The summed E-state index contributed by atoms with van der Waals surface area (Å²) in [5.74, 6) is 0. The molecule has 1 aromatic carbocycles. The van der Waals surface area contributed by atoms with Crippen LogP contribution in [-0.4, -0.2) is 0 Å². The van der Waals surface area contributed by atoms with Crippen molar-refractivity contribution in [3.8, 4) is 0 Å². The zero-order valence-corrected chi connectivity index (χ0v) is 8.52. The van der Waals surface area contributed by atoms with Gasteiger partial charge in [0.05, 0.1) is 5.56 Å². The number of rotatable bonds is 2. The number of hydrogen-bond donors (Lipinski definition) is 1. The van der Waals surface area contributed by atoms with Gasteiger partial charge in [-0.25, -0.2) is 0 Å². The number of halogens is 3. The van der Waals surface area contributed by atoms with Gasteiger partial charge in [0.2, 0.25) is 0 Å². The zero-order chi connectivity index (χ0) is 11.5. The van der Waals surface area contributed by atoms with Crippen molar-refractivity contribution in [1.29, 1.82) is 0 Å². The lowest BCUT2D eigenvalue weighted by molar-refractivity contribution is -0.137. The van der Waals surface area contributed by atoms with Crippen molar-refractivity contribution in [3.05, 3.63) is 41.6 Å². The van der Waals surface area contributed by atoms with Gasteiger partial charge in [0, 0.05) is 5.69 Å². The molecular formula is C11H12F3N. The molecule has 15 heavy (non-hydrogen) atoms. The number of allylic oxidation sites excluding steroid dienone is 1. The van der Waals surface area contributed by atoms with Gasteiger partial charge in [0.25, 0.3) is 0 Å². The van der Waals surface area contributed by atoms with E-state index in [0.29, 0.717) is 5.69 Å². The van der Waals surface area contributed by atoms with Crippen LogP contribution in [0.1, 0.15) is 19.4 Å². The zero-order valence-electron chi connectivity index (χ0n) is 8.52. The van der Waals surface area contributed by atoms with E-state index >= 15 is 0 Å². The van der Waals surface area contributed by atoms with Crippen LogP contribution < -0.4 is 5.32 Å². The van der Waals surface area contributed by atoms with Crippen LogP contribution >= 0.6 is 0 Å². The molecule has 0 fully saturated rings. The smallest absolute Gasteiger partial charge is 0.362 e. The van der Waals surface area contributed by atoms with Crippen LogP contribution in [-0.2, 0) is 6.18 Å². The van der Waals surface area contributed by atoms with Crippen LogP contribution in [0.15, 0.2) is 36.0 Å². The van der Waals surface area contributed by atoms with Gasteiger partial charge >= 0.3 is 6.18 Å². The van der Waals surface area contributed by atoms with Crippen LogP contribution in [0.5, 0.6) is 0 Å². The summed E-state index contributed by atoms with van der Waals surface area (Å²) in [4.78, 5) is 0. The lowest BCUT2D eigenvalue weighted by Crippen LogP contribution is -2.05. The maximum atomic E-state index is 12.3. The molecule has 0 aliphatic heterocycles. The Balaban J connectivity index is 2.89. The number of benzene rings is 1. The molecule has 1 nitrogen and oxygen atoms in total. The predicted molar refractivity (Wildman–Crippen MR) is 54.5 cm³/mol. The molecule has 1 rings (SSSR count). The molecule has 0 spiro atoms. The summed E-state index contributed by atoms with van der Waals surface area (Å²) in [5, 5.41) is 2.79. The average molecular weight is 215 g/mol. The predicted octanol–water partition coefficient (Wildman–Crippen LogP) is 4.04. The molecule has 1 N–H and O–H groups in total. The van der Waals surface area contributed by atoms with Gasteiger partial charge in [-0.05, 0) is 38.2 Å². The van der Waals surface area contributed by atoms with Gasteiger partial charge in [-0.3, -0.25) is 0 Å². The second-order valence-corrected chi connectivity index (χ2v) is 3.44. The molecule has 0 bridgehead atoms. The Morgan fingerprint density at radius 2 is 1.93 bits per heavy atom. The fourth-order valence-electron chi connectivity index (χ4n) is 1.01. The second kappa shape index (κ2) is 4.38. The maximum absolute atomic E-state index is 12.3. The Morgan fingerprint density at radius 1 is 1.27 bits per heavy atom. The minimum absolute atomic E-state index is 0.436. The number of hydrogen-bond acceptors (Lipinski definition) is 1. The Morgan fingerprint density at radius 3 is 2.47 bits per heavy atom. The minimum Gasteiger partial charge on any atom is -0.362 e. The van der Waals surface area contributed by atoms with Gasteiger partial charge < -0.3 is 5.32 Å². The van der Waals surface area contributed by atoms with E-state index in [-0.39, 0.29) is 0 Å². The summed E-state index contributed by atoms with van der Waals surface area (Å²) in [5.41, 5.74) is 0.785. The lowest BCUT2D eigenvalue weighted by Gasteiger charge is -2.08. The average Bonchev–Trinajstić information content (AvgIpc) is 2.14. The Labute approximate surface area is 86.6 Å². The fourth-order valence-corrected chi connectivity index (χ4v) is 1.01. The lowest BCUT2D eigenvalue weighted by atomic mass is 10.2. The first kappa shape index (κ1) is 11.6. The molecule has 0 heterocycles. The Hall–Kier alpha value is -1.45. The van der Waals surface area contributed by atoms with E-state index in [0.717, 1.165) is 17.7 Å². The standard InChI is InChI=1S/C11H12F3N/c1-8(2)7-15-10-5-3-4-9(6-10)11(12,13)14/h3-7,15H,1-2H3. The molecule has 0 aliphatic carbocycles. The first-order valence-electron chi connectivity index (χ1n) is 4.47. The highest BCUT2D eigenvalue weighted by molar-refractivity contribution is 5.48. The number of nitrogens with one attached hydrogen (secondary N) is 1. The van der Waals surface area contributed by atoms with Crippen molar-refractivity contribution < 1.29 is 13.2 Å². The molecule has 1 aromatic rings. The van der Waals surface area contributed by atoms with Crippen LogP contribution in [0.25, 0.3) is 0 Å². The number of alkyl halides is 3. The van der Waals surface area contributed by atoms with Gasteiger partial charge in [-0.1, -0.05) is 11.6 Å². The van der Waals surface area contributed by atoms with E-state index in [1.807, 2.05) is 13.8 Å². The van der Waals surface area contributed by atoms with Crippen molar-refractivity contribution in [3.63, 3.8) is 0 Å². The largest absolute Gasteiger partial charge is 0.416 e. The summed E-state index contributed by atoms with van der Waals surface area (Å²) >= 11 is 0. The molecule has 0 unspecified atom stereocenters. The monoisotopic (exact) mass is 215 g/mol. The molecule has 0 amide bonds. The van der Waals surface area contributed by atoms with E-state index < -0.39 is 11.7 Å². The number of anilines is 1. The molecule has 0 radical (unpaired) electrons. The first-order chi connectivity index (χ1) is 6.89. The summed E-state index contributed by atoms with van der Waals surface area (Å²) < 4.78 is 37.0. The highest BCUT2D eigenvalue weighted by Gasteiger charge is 2.30. The maximum Gasteiger partial charge on any atom is 0.416 e. The molecule has 0 aromatic heterocycles. The quantitative estimate of drug-likeness (QED) is 0.785. The van der Waals surface area contributed by atoms with Gasteiger partial charge in [-0.15, -0.1) is 0 Å². The van der Waals surface area contributed by atoms with Gasteiger partial charge in [-0.2, -0.15) is 13.2 Å². The van der Waals surface area contributed by atoms with E-state index in [4.69, 9.17) is 0 Å². The third kappa shape index (κ3) is 3.65. The normalized spacial score (nSPS) is 11.0. The van der Waals surface area contributed by atoms with Gasteiger partial charge in [0.1, 0.15) is 0 Å². The fraction of sp³-hybridized carbons (Fsp3) is 0.273. The van der Waals surface area contributed by atoms with E-state index in [1.165, 1.54) is 6.07 Å². The first-order valence-corrected chi connectivity index (χ1v) is 4.47. The van der Waals surface area contributed by atoms with Crippen LogP contribution in [0.4, 0.5) is 18.9 Å². The Kier molecular flexibility index (Phi) is 3.39. The van der Waals surface area contributed by atoms with Crippen molar-refractivity contribution in [1.82, 2.24) is 0 Å². The summed E-state index contributed by atoms with van der Waals surface area (Å²) in [6.45, 7) is 3.72. The Bertz CT molecular complexity index is 362. The van der Waals surface area contributed by atoms with Crippen molar-refractivity contribution in [2.75, 3.05) is 5.32 Å². The molecule has 0 atom stereocenters. The van der Waals surface area contributed by atoms with Crippen molar-refractivity contribution >= 4 is 5.69 Å². The van der Waals surface area contributed by atoms with Crippen LogP contribution in [0, 0.1) is 0 Å². The molecule has 0 saturated heterocycles. The van der Waals surface area contributed by atoms with E-state index in [2.05, 4.69) is 5.32 Å². The molecular weight excluding hydrogens is 203 g/mol. The van der Waals surface area contributed by atoms with E-state index in [1.54, 1.807) is 12.3 Å².